The van der Waals surface area contributed by atoms with E-state index in [1.54, 1.807) is 6.92 Å². The summed E-state index contributed by atoms with van der Waals surface area (Å²) in [6.45, 7) is 3.60. The van der Waals surface area contributed by atoms with Crippen molar-refractivity contribution in [2.45, 2.75) is 24.8 Å². The van der Waals surface area contributed by atoms with Crippen LogP contribution in [0.15, 0.2) is 28.6 Å². The summed E-state index contributed by atoms with van der Waals surface area (Å²) in [7, 11) is -3.73. The molecule has 1 unspecified atom stereocenters. The van der Waals surface area contributed by atoms with Crippen molar-refractivity contribution in [3.05, 3.63) is 34.4 Å². The molecule has 2 rings (SSSR count). The van der Waals surface area contributed by atoms with Crippen molar-refractivity contribution >= 4 is 27.2 Å². The van der Waals surface area contributed by atoms with Gasteiger partial charge in [0.05, 0.1) is 6.04 Å². The number of hydrogen-bond donors (Lipinski definition) is 3. The van der Waals surface area contributed by atoms with E-state index in [9.17, 15) is 8.42 Å². The van der Waals surface area contributed by atoms with E-state index in [4.69, 9.17) is 5.84 Å². The predicted molar refractivity (Wildman–Crippen MR) is 77.6 cm³/mol. The minimum Gasteiger partial charge on any atom is -0.307 e. The summed E-state index contributed by atoms with van der Waals surface area (Å²) in [5, 5.41) is 2.58. The summed E-state index contributed by atoms with van der Waals surface area (Å²) in [5.41, 5.74) is 3.14. The zero-order valence-corrected chi connectivity index (χ0v) is 12.6. The molecule has 7 nitrogen and oxygen atoms in total. The minimum atomic E-state index is -3.73. The lowest BCUT2D eigenvalue weighted by atomic mass is 10.4. The Hall–Kier alpha value is -1.55. The maximum Gasteiger partial charge on any atom is 0.244 e. The number of pyridine rings is 1. The van der Waals surface area contributed by atoms with Crippen LogP contribution >= 0.6 is 11.3 Å². The Morgan fingerprint density at radius 2 is 2.20 bits per heavy atom. The summed E-state index contributed by atoms with van der Waals surface area (Å²) in [4.78, 5) is 8.15. The molecule has 0 radical (unpaired) electrons. The van der Waals surface area contributed by atoms with Crippen LogP contribution in [0, 0.1) is 6.92 Å². The van der Waals surface area contributed by atoms with E-state index in [2.05, 4.69) is 20.1 Å². The Kier molecular flexibility index (Phi) is 4.33. The molecular formula is C11H15N5O2S2. The average Bonchev–Trinajstić information content (AvgIpc) is 2.85. The predicted octanol–water partition coefficient (Wildman–Crippen LogP) is 1.17. The van der Waals surface area contributed by atoms with Gasteiger partial charge in [0.15, 0.2) is 5.82 Å². The van der Waals surface area contributed by atoms with E-state index in [0.29, 0.717) is 5.01 Å². The fourth-order valence-corrected chi connectivity index (χ4v) is 3.84. The van der Waals surface area contributed by atoms with Gasteiger partial charge in [-0.25, -0.2) is 29.0 Å². The number of hydrazine groups is 1. The first-order chi connectivity index (χ1) is 9.44. The van der Waals surface area contributed by atoms with Crippen molar-refractivity contribution in [3.8, 4) is 0 Å². The number of nitrogens with two attached hydrogens (primary N) is 1. The lowest BCUT2D eigenvalue weighted by Crippen LogP contribution is -2.28. The third kappa shape index (κ3) is 3.12. The molecule has 0 saturated carbocycles. The van der Waals surface area contributed by atoms with Crippen LogP contribution in [-0.4, -0.2) is 18.4 Å². The Bertz CT molecular complexity index is 698. The van der Waals surface area contributed by atoms with Gasteiger partial charge in [0.1, 0.15) is 9.90 Å². The molecule has 20 heavy (non-hydrogen) atoms. The molecule has 2 aromatic rings. The normalized spacial score (nSPS) is 13.2. The molecule has 0 aliphatic heterocycles. The molecule has 108 valence electrons. The SMILES string of the molecule is Cc1csc(C(C)NS(=O)(=O)c2cccnc2NN)n1. The molecule has 0 fully saturated rings. The second-order valence-corrected chi connectivity index (χ2v) is 6.74. The number of nitrogens with one attached hydrogen (secondary N) is 2. The van der Waals surface area contributed by atoms with Gasteiger partial charge in [-0.05, 0) is 26.0 Å². The molecule has 0 aliphatic carbocycles. The second kappa shape index (κ2) is 5.83. The van der Waals surface area contributed by atoms with Crippen molar-refractivity contribution in [2.75, 3.05) is 5.43 Å². The zero-order valence-electron chi connectivity index (χ0n) is 11.0. The van der Waals surface area contributed by atoms with Crippen molar-refractivity contribution in [3.63, 3.8) is 0 Å². The number of sulfonamides is 1. The van der Waals surface area contributed by atoms with Crippen LogP contribution in [0.3, 0.4) is 0 Å². The van der Waals surface area contributed by atoms with Crippen LogP contribution in [0.2, 0.25) is 0 Å². The minimum absolute atomic E-state index is 0.00243. The zero-order chi connectivity index (χ0) is 14.8. The molecule has 1 atom stereocenters. The van der Waals surface area contributed by atoms with Crippen LogP contribution < -0.4 is 16.0 Å². The van der Waals surface area contributed by atoms with Gasteiger partial charge >= 0.3 is 0 Å². The molecular weight excluding hydrogens is 298 g/mol. The van der Waals surface area contributed by atoms with Crippen LogP contribution in [-0.2, 0) is 10.0 Å². The average molecular weight is 313 g/mol. The number of anilines is 1. The highest BCUT2D eigenvalue weighted by atomic mass is 32.2. The molecule has 0 spiro atoms. The van der Waals surface area contributed by atoms with Crippen LogP contribution in [0.4, 0.5) is 5.82 Å². The number of nitrogens with zero attached hydrogens (tertiary/aromatic N) is 2. The molecule has 2 heterocycles. The summed E-state index contributed by atoms with van der Waals surface area (Å²) in [5.74, 6) is 5.38. The highest BCUT2D eigenvalue weighted by Crippen LogP contribution is 2.22. The molecule has 9 heteroatoms. The largest absolute Gasteiger partial charge is 0.307 e. The molecule has 2 aromatic heterocycles. The number of thiazole rings is 1. The molecule has 0 amide bonds. The van der Waals surface area contributed by atoms with Gasteiger partial charge in [-0.3, -0.25) is 0 Å². The van der Waals surface area contributed by atoms with E-state index >= 15 is 0 Å². The van der Waals surface area contributed by atoms with Crippen LogP contribution in [0.25, 0.3) is 0 Å². The smallest absolute Gasteiger partial charge is 0.244 e. The van der Waals surface area contributed by atoms with Crippen molar-refractivity contribution < 1.29 is 8.42 Å². The maximum atomic E-state index is 12.3. The quantitative estimate of drug-likeness (QED) is 0.564. The number of rotatable bonds is 5. The lowest BCUT2D eigenvalue weighted by molar-refractivity contribution is 0.566. The number of aryl methyl sites for hydroxylation is 1. The topological polar surface area (TPSA) is 110 Å². The van der Waals surface area contributed by atoms with Gasteiger partial charge in [0, 0.05) is 17.3 Å². The highest BCUT2D eigenvalue weighted by Gasteiger charge is 2.23. The van der Waals surface area contributed by atoms with Crippen LogP contribution in [0.5, 0.6) is 0 Å². The first-order valence-electron chi connectivity index (χ1n) is 5.80. The molecule has 0 aromatic carbocycles. The molecule has 0 bridgehead atoms. The molecule has 0 saturated heterocycles. The highest BCUT2D eigenvalue weighted by molar-refractivity contribution is 7.89. The summed E-state index contributed by atoms with van der Waals surface area (Å²) >= 11 is 1.41. The number of nitrogen functional groups attached to an aromatic ring is 1. The third-order valence-corrected chi connectivity index (χ3v) is 5.25. The first-order valence-corrected chi connectivity index (χ1v) is 8.16. The summed E-state index contributed by atoms with van der Waals surface area (Å²) in [6, 6.07) is 2.54. The fraction of sp³-hybridized carbons (Fsp3) is 0.273. The van der Waals surface area contributed by atoms with E-state index < -0.39 is 16.1 Å². The fourth-order valence-electron chi connectivity index (χ4n) is 1.63. The van der Waals surface area contributed by atoms with Gasteiger partial charge in [0.2, 0.25) is 10.0 Å². The van der Waals surface area contributed by atoms with Gasteiger partial charge in [-0.15, -0.1) is 11.3 Å². The van der Waals surface area contributed by atoms with E-state index in [1.165, 1.54) is 29.7 Å². The number of hydrogen-bond acceptors (Lipinski definition) is 7. The Balaban J connectivity index is 2.27. The molecule has 4 N–H and O–H groups in total. The van der Waals surface area contributed by atoms with Crippen molar-refractivity contribution in [2.24, 2.45) is 5.84 Å². The monoisotopic (exact) mass is 313 g/mol. The second-order valence-electron chi connectivity index (χ2n) is 4.16. The molecule has 0 aliphatic rings. The Morgan fingerprint density at radius 3 is 2.80 bits per heavy atom. The Morgan fingerprint density at radius 1 is 1.45 bits per heavy atom. The maximum absolute atomic E-state index is 12.3. The van der Waals surface area contributed by atoms with Gasteiger partial charge in [-0.1, -0.05) is 0 Å². The van der Waals surface area contributed by atoms with Crippen molar-refractivity contribution in [1.82, 2.24) is 14.7 Å². The first kappa shape index (κ1) is 14.9. The van der Waals surface area contributed by atoms with E-state index in [0.717, 1.165) is 5.69 Å². The van der Waals surface area contributed by atoms with E-state index in [1.807, 2.05) is 12.3 Å². The van der Waals surface area contributed by atoms with Crippen molar-refractivity contribution in [1.29, 1.82) is 0 Å². The van der Waals surface area contributed by atoms with Gasteiger partial charge < -0.3 is 5.43 Å². The third-order valence-electron chi connectivity index (χ3n) is 2.54. The number of aromatic nitrogens is 2. The summed E-state index contributed by atoms with van der Waals surface area (Å²) in [6.07, 6.45) is 1.46. The van der Waals surface area contributed by atoms with Gasteiger partial charge in [0.25, 0.3) is 0 Å². The standard InChI is InChI=1S/C11H15N5O2S2/c1-7-6-19-11(14-7)8(2)16-20(17,18)9-4-3-5-13-10(9)15-12/h3-6,8,16H,12H2,1-2H3,(H,13,15). The summed E-state index contributed by atoms with van der Waals surface area (Å²) < 4.78 is 27.2. The van der Waals surface area contributed by atoms with Crippen LogP contribution in [0.1, 0.15) is 23.7 Å². The van der Waals surface area contributed by atoms with Gasteiger partial charge in [-0.2, -0.15) is 0 Å². The lowest BCUT2D eigenvalue weighted by Gasteiger charge is -2.13. The van der Waals surface area contributed by atoms with E-state index in [-0.39, 0.29) is 10.7 Å². The Labute approximate surface area is 121 Å².